The number of hydroxylamine groups is 1. The van der Waals surface area contributed by atoms with E-state index >= 15 is 4.39 Å². The highest BCUT2D eigenvalue weighted by Gasteiger charge is 2.60. The minimum Gasteiger partial charge on any atom is -0.267 e. The van der Waals surface area contributed by atoms with Gasteiger partial charge in [0.15, 0.2) is 0 Å². The van der Waals surface area contributed by atoms with Crippen molar-refractivity contribution >= 4 is 15.9 Å². The second-order valence-corrected chi connectivity index (χ2v) is 10.7. The number of nitrogens with zero attached hydrogens (tertiary/aromatic N) is 1. The van der Waals surface area contributed by atoms with E-state index in [1.807, 2.05) is 6.92 Å². The maximum atomic E-state index is 16.4. The molecule has 2 saturated carbocycles. The number of hydrogen-bond acceptors (Lipinski definition) is 4. The van der Waals surface area contributed by atoms with Crippen LogP contribution in [0.25, 0.3) is 0 Å². The van der Waals surface area contributed by atoms with Crippen LogP contribution in [0.1, 0.15) is 55.8 Å². The minimum absolute atomic E-state index is 0.133. The summed E-state index contributed by atoms with van der Waals surface area (Å²) in [7, 11) is -4.37. The highest BCUT2D eigenvalue weighted by atomic mass is 32.2. The van der Waals surface area contributed by atoms with Crippen LogP contribution in [0.2, 0.25) is 0 Å². The van der Waals surface area contributed by atoms with E-state index < -0.39 is 27.0 Å². The molecule has 1 saturated heterocycles. The fourth-order valence-electron chi connectivity index (χ4n) is 4.86. The van der Waals surface area contributed by atoms with Gasteiger partial charge >= 0.3 is 5.19 Å². The van der Waals surface area contributed by atoms with Crippen molar-refractivity contribution in [2.75, 3.05) is 13.1 Å². The zero-order chi connectivity index (χ0) is 20.6. The Morgan fingerprint density at radius 3 is 2.41 bits per heavy atom. The molecule has 6 nitrogen and oxygen atoms in total. The molecule has 29 heavy (non-hydrogen) atoms. The number of sulfonamides is 1. The second kappa shape index (κ2) is 7.96. The average molecular weight is 425 g/mol. The quantitative estimate of drug-likeness (QED) is 0.680. The Bertz CT molecular complexity index is 841. The van der Waals surface area contributed by atoms with Crippen molar-refractivity contribution in [2.45, 2.75) is 50.6 Å². The Hall–Kier alpha value is -1.51. The fraction of sp³-hybridized carbons (Fsp3) is 0.667. The molecule has 1 aliphatic heterocycles. The minimum atomic E-state index is -4.37. The number of alkyl halides is 1. The molecule has 3 fully saturated rings. The smallest absolute Gasteiger partial charge is 0.267 e. The Kier molecular flexibility index (Phi) is 5.70. The summed E-state index contributed by atoms with van der Waals surface area (Å²) in [5.74, 6) is -0.741. The van der Waals surface area contributed by atoms with E-state index in [1.165, 1.54) is 0 Å². The van der Waals surface area contributed by atoms with Crippen LogP contribution < -0.4 is 5.48 Å². The fourth-order valence-corrected chi connectivity index (χ4v) is 6.81. The molecule has 0 spiro atoms. The molecule has 0 radical (unpaired) electrons. The molecule has 4 rings (SSSR count). The van der Waals surface area contributed by atoms with E-state index in [0.717, 1.165) is 30.0 Å². The van der Waals surface area contributed by atoms with E-state index in [2.05, 4.69) is 5.48 Å². The van der Waals surface area contributed by atoms with Gasteiger partial charge in [0, 0.05) is 24.6 Å². The van der Waals surface area contributed by atoms with Gasteiger partial charge in [0.2, 0.25) is 0 Å². The lowest BCUT2D eigenvalue weighted by Gasteiger charge is -2.45. The summed E-state index contributed by atoms with van der Waals surface area (Å²) < 4.78 is 44.0. The van der Waals surface area contributed by atoms with Crippen molar-refractivity contribution < 1.29 is 22.4 Å². The predicted molar refractivity (Wildman–Crippen MR) is 107 cm³/mol. The van der Waals surface area contributed by atoms with Gasteiger partial charge in [0.1, 0.15) is 0 Å². The molecule has 0 aromatic heterocycles. The summed E-state index contributed by atoms with van der Waals surface area (Å²) in [5, 5.41) is -2.97. The number of benzene rings is 1. The lowest BCUT2D eigenvalue weighted by molar-refractivity contribution is -0.176. The highest BCUT2D eigenvalue weighted by molar-refractivity contribution is 7.90. The van der Waals surface area contributed by atoms with E-state index in [0.29, 0.717) is 24.7 Å². The first-order valence-electron chi connectivity index (χ1n) is 10.6. The topological polar surface area (TPSA) is 75.7 Å². The van der Waals surface area contributed by atoms with Crippen LogP contribution >= 0.6 is 0 Å². The van der Waals surface area contributed by atoms with Gasteiger partial charge in [-0.3, -0.25) is 4.79 Å². The van der Waals surface area contributed by atoms with E-state index in [-0.39, 0.29) is 24.6 Å². The van der Waals surface area contributed by atoms with Crippen molar-refractivity contribution in [3.8, 4) is 0 Å². The van der Waals surface area contributed by atoms with Gasteiger partial charge < -0.3 is 0 Å². The Morgan fingerprint density at radius 1 is 1.14 bits per heavy atom. The molecule has 8 heteroatoms. The van der Waals surface area contributed by atoms with Crippen molar-refractivity contribution in [2.24, 2.45) is 23.7 Å². The number of carbonyl (C=O) groups excluding carboxylic acids is 1. The summed E-state index contributed by atoms with van der Waals surface area (Å²) in [6.45, 7) is 2.52. The van der Waals surface area contributed by atoms with Crippen LogP contribution in [-0.4, -0.2) is 36.9 Å². The molecule has 1 amide bonds. The van der Waals surface area contributed by atoms with Gasteiger partial charge in [-0.2, -0.15) is 8.70 Å². The molecule has 1 heterocycles. The molecule has 1 N–H and O–H groups in total. The van der Waals surface area contributed by atoms with E-state index in [4.69, 9.17) is 4.84 Å². The molecule has 4 atom stereocenters. The molecule has 2 aliphatic carbocycles. The number of amides is 1. The maximum Gasteiger partial charge on any atom is 0.348 e. The maximum absolute atomic E-state index is 16.4. The molecule has 1 aromatic carbocycles. The number of rotatable bonds is 7. The van der Waals surface area contributed by atoms with Crippen molar-refractivity contribution in [3.05, 3.63) is 35.9 Å². The summed E-state index contributed by atoms with van der Waals surface area (Å²) in [5.41, 5.74) is 2.39. The first kappa shape index (κ1) is 20.8. The van der Waals surface area contributed by atoms with E-state index in [9.17, 15) is 13.2 Å². The summed E-state index contributed by atoms with van der Waals surface area (Å²) in [6, 6.07) is 8.24. The number of carbonyl (C=O) groups is 1. The molecular formula is C21H29FN2O4S. The number of hydrogen-bond donors (Lipinski definition) is 1. The van der Waals surface area contributed by atoms with Gasteiger partial charge in [-0.15, -0.1) is 0 Å². The van der Waals surface area contributed by atoms with Crippen molar-refractivity contribution in [1.29, 1.82) is 0 Å². The second-order valence-electron chi connectivity index (χ2n) is 8.64. The average Bonchev–Trinajstić information content (AvgIpc) is 3.50. The van der Waals surface area contributed by atoms with Crippen LogP contribution in [0.15, 0.2) is 30.3 Å². The summed E-state index contributed by atoms with van der Waals surface area (Å²) >= 11 is 0. The standard InChI is InChI=1S/C21H29FN2O4S/c1-15-18(16-11-12-16)9-5-10-19(15)21(22,29(26,27)24-13-6-14-24)28-23-20(25)17-7-3-2-4-8-17/h2-4,7-8,15-16,18-19H,5-6,9-14H2,1H3,(H,23,25). The third kappa shape index (κ3) is 3.82. The largest absolute Gasteiger partial charge is 0.348 e. The normalized spacial score (nSPS) is 30.2. The zero-order valence-electron chi connectivity index (χ0n) is 16.7. The Morgan fingerprint density at radius 2 is 1.83 bits per heavy atom. The third-order valence-corrected chi connectivity index (χ3v) is 8.99. The van der Waals surface area contributed by atoms with Crippen LogP contribution in [0.5, 0.6) is 0 Å². The van der Waals surface area contributed by atoms with Crippen LogP contribution in [0, 0.1) is 23.7 Å². The van der Waals surface area contributed by atoms with Gasteiger partial charge in [0.25, 0.3) is 15.9 Å². The lowest BCUT2D eigenvalue weighted by atomic mass is 9.70. The number of nitrogens with one attached hydrogen (secondary N) is 1. The van der Waals surface area contributed by atoms with Gasteiger partial charge in [-0.25, -0.2) is 18.7 Å². The van der Waals surface area contributed by atoms with Crippen molar-refractivity contribution in [1.82, 2.24) is 9.79 Å². The molecule has 160 valence electrons. The molecule has 0 bridgehead atoms. The van der Waals surface area contributed by atoms with Gasteiger partial charge in [0.05, 0.1) is 0 Å². The van der Waals surface area contributed by atoms with Gasteiger partial charge in [-0.1, -0.05) is 31.5 Å². The van der Waals surface area contributed by atoms with E-state index in [1.54, 1.807) is 30.3 Å². The monoisotopic (exact) mass is 424 g/mol. The SMILES string of the molecule is CC1C(C2CC2)CCCC1C(F)(ONC(=O)c1ccccc1)S(=O)(=O)N1CCC1. The first-order chi connectivity index (χ1) is 13.8. The predicted octanol–water partition coefficient (Wildman–Crippen LogP) is 3.47. The van der Waals surface area contributed by atoms with Crippen LogP contribution in [0.4, 0.5) is 4.39 Å². The molecule has 3 aliphatic rings. The molecule has 4 unspecified atom stereocenters. The summed E-state index contributed by atoms with van der Waals surface area (Å²) in [6.07, 6.45) is 5.16. The van der Waals surface area contributed by atoms with Crippen LogP contribution in [0.3, 0.4) is 0 Å². The number of halogens is 1. The molecule has 1 aromatic rings. The molecular weight excluding hydrogens is 395 g/mol. The highest BCUT2D eigenvalue weighted by Crippen LogP contribution is 2.53. The first-order valence-corrected chi connectivity index (χ1v) is 12.0. The Labute approximate surface area is 171 Å². The van der Waals surface area contributed by atoms with Crippen LogP contribution in [-0.2, 0) is 14.9 Å². The summed E-state index contributed by atoms with van der Waals surface area (Å²) in [4.78, 5) is 17.6. The third-order valence-electron chi connectivity index (χ3n) is 6.86. The van der Waals surface area contributed by atoms with Crippen molar-refractivity contribution in [3.63, 3.8) is 0 Å². The zero-order valence-corrected chi connectivity index (χ0v) is 17.5. The lowest BCUT2D eigenvalue weighted by Crippen LogP contribution is -2.59. The van der Waals surface area contributed by atoms with Gasteiger partial charge in [-0.05, 0) is 62.0 Å². The Balaban J connectivity index is 1.59.